The summed E-state index contributed by atoms with van der Waals surface area (Å²) in [6, 6.07) is 5.39. The molecule has 0 spiro atoms. The summed E-state index contributed by atoms with van der Waals surface area (Å²) < 4.78 is 1.38. The van der Waals surface area contributed by atoms with Gasteiger partial charge in [-0.2, -0.15) is 15.0 Å². The Morgan fingerprint density at radius 3 is 2.78 bits per heavy atom. The maximum Gasteiger partial charge on any atom is 0.229 e. The molecule has 0 aliphatic rings. The van der Waals surface area contributed by atoms with Gasteiger partial charge in [0.25, 0.3) is 0 Å². The van der Waals surface area contributed by atoms with E-state index in [4.69, 9.17) is 16.9 Å². The van der Waals surface area contributed by atoms with Crippen molar-refractivity contribution in [3.63, 3.8) is 0 Å². The third-order valence-electron chi connectivity index (χ3n) is 2.53. The normalized spacial score (nSPS) is 10.3. The minimum atomic E-state index is -0.0426. The van der Waals surface area contributed by atoms with Crippen LogP contribution in [-0.2, 0) is 0 Å². The molecule has 0 radical (unpaired) electrons. The van der Waals surface area contributed by atoms with E-state index in [1.165, 1.54) is 4.68 Å². The average Bonchev–Trinajstić information content (AvgIpc) is 2.61. The summed E-state index contributed by atoms with van der Waals surface area (Å²) >= 11 is 6.93. The summed E-state index contributed by atoms with van der Waals surface area (Å²) in [4.78, 5) is 0.467. The molecule has 4 nitrogen and oxygen atoms in total. The molecule has 92 valence electrons. The Morgan fingerprint density at radius 1 is 1.44 bits per heavy atom. The molecule has 0 bridgehead atoms. The zero-order valence-corrected chi connectivity index (χ0v) is 11.4. The third kappa shape index (κ3) is 2.17. The van der Waals surface area contributed by atoms with Crippen molar-refractivity contribution in [3.05, 3.63) is 34.5 Å². The van der Waals surface area contributed by atoms with E-state index in [1.54, 1.807) is 13.0 Å². The van der Waals surface area contributed by atoms with Gasteiger partial charge < -0.3 is 5.11 Å². The lowest BCUT2D eigenvalue weighted by Gasteiger charge is -2.05. The van der Waals surface area contributed by atoms with E-state index in [2.05, 4.69) is 5.10 Å². The number of aromatic nitrogens is 2. The molecule has 0 amide bonds. The van der Waals surface area contributed by atoms with Crippen molar-refractivity contribution >= 4 is 23.4 Å². The van der Waals surface area contributed by atoms with Gasteiger partial charge in [0.1, 0.15) is 10.3 Å². The number of hydrogen-bond acceptors (Lipinski definition) is 4. The Balaban J connectivity index is 2.55. The minimum absolute atomic E-state index is 0.0426. The van der Waals surface area contributed by atoms with E-state index in [-0.39, 0.29) is 5.88 Å². The average molecular weight is 280 g/mol. The van der Waals surface area contributed by atoms with Crippen molar-refractivity contribution in [2.75, 3.05) is 0 Å². The summed E-state index contributed by atoms with van der Waals surface area (Å²) in [6.07, 6.45) is 0. The van der Waals surface area contributed by atoms with Crippen molar-refractivity contribution in [1.82, 2.24) is 9.78 Å². The molecular formula is C12H10ClN3OS. The maximum atomic E-state index is 10.0. The van der Waals surface area contributed by atoms with E-state index in [0.29, 0.717) is 21.3 Å². The van der Waals surface area contributed by atoms with Crippen LogP contribution in [-0.4, -0.2) is 14.9 Å². The lowest BCUT2D eigenvalue weighted by atomic mass is 10.2. The number of benzene rings is 1. The van der Waals surface area contributed by atoms with Crippen molar-refractivity contribution in [3.8, 4) is 17.0 Å². The van der Waals surface area contributed by atoms with Gasteiger partial charge >= 0.3 is 0 Å². The van der Waals surface area contributed by atoms with Crippen LogP contribution in [0.15, 0.2) is 23.1 Å². The van der Waals surface area contributed by atoms with Crippen LogP contribution in [0.5, 0.6) is 5.88 Å². The summed E-state index contributed by atoms with van der Waals surface area (Å²) in [6.45, 7) is 3.64. The largest absolute Gasteiger partial charge is 0.492 e. The van der Waals surface area contributed by atoms with Gasteiger partial charge in [0.15, 0.2) is 0 Å². The summed E-state index contributed by atoms with van der Waals surface area (Å²) in [5.41, 5.74) is 2.22. The van der Waals surface area contributed by atoms with Crippen molar-refractivity contribution in [1.29, 1.82) is 5.26 Å². The van der Waals surface area contributed by atoms with E-state index in [1.807, 2.05) is 24.5 Å². The van der Waals surface area contributed by atoms with Crippen LogP contribution >= 0.6 is 23.4 Å². The van der Waals surface area contributed by atoms with Gasteiger partial charge in [-0.1, -0.05) is 17.7 Å². The first-order valence-electron chi connectivity index (χ1n) is 5.15. The zero-order chi connectivity index (χ0) is 13.3. The monoisotopic (exact) mass is 279 g/mol. The van der Waals surface area contributed by atoms with Crippen LogP contribution in [0.1, 0.15) is 11.3 Å². The molecule has 1 N–H and O–H groups in total. The van der Waals surface area contributed by atoms with Crippen LogP contribution in [0.2, 0.25) is 5.02 Å². The molecule has 0 saturated heterocycles. The first-order valence-corrected chi connectivity index (χ1v) is 6.35. The molecule has 0 atom stereocenters. The number of nitrogens with zero attached hydrogens (tertiary/aromatic N) is 3. The van der Waals surface area contributed by atoms with Crippen molar-refractivity contribution in [2.24, 2.45) is 0 Å². The number of halogens is 1. The van der Waals surface area contributed by atoms with E-state index >= 15 is 0 Å². The van der Waals surface area contributed by atoms with Gasteiger partial charge in [-0.25, -0.2) is 0 Å². The molecule has 0 unspecified atom stereocenters. The van der Waals surface area contributed by atoms with Crippen LogP contribution in [0.3, 0.4) is 0 Å². The Bertz CT molecular complexity index is 646. The van der Waals surface area contributed by atoms with Gasteiger partial charge in [0, 0.05) is 5.02 Å². The first kappa shape index (κ1) is 12.8. The molecule has 0 aliphatic heterocycles. The second kappa shape index (κ2) is 4.92. The standard InChI is InChI=1S/C12H10ClN3OS/c1-7-3-4-9(5-10(7)13)16-12(17)11(18-6-14)8(2)15-16/h3-5,17H,1-2H3. The predicted octanol–water partition coefficient (Wildman–Crippen LogP) is 3.42. The van der Waals surface area contributed by atoms with Gasteiger partial charge in [-0.05, 0) is 43.3 Å². The molecule has 2 aromatic rings. The molecule has 0 saturated carbocycles. The number of aryl methyl sites for hydroxylation is 2. The topological polar surface area (TPSA) is 61.8 Å². The zero-order valence-electron chi connectivity index (χ0n) is 9.81. The molecule has 0 fully saturated rings. The summed E-state index contributed by atoms with van der Waals surface area (Å²) in [5.74, 6) is -0.0426. The number of thiocyanates is 1. The van der Waals surface area contributed by atoms with Crippen LogP contribution in [0.4, 0.5) is 0 Å². The Morgan fingerprint density at radius 2 is 2.17 bits per heavy atom. The number of thioether (sulfide) groups is 1. The fourth-order valence-corrected chi connectivity index (χ4v) is 2.19. The quantitative estimate of drug-likeness (QED) is 0.676. The SMILES string of the molecule is Cc1ccc(-n2nc(C)c(SC#N)c2O)cc1Cl. The van der Waals surface area contributed by atoms with E-state index in [9.17, 15) is 5.11 Å². The molecule has 1 aromatic carbocycles. The Hall–Kier alpha value is -1.64. The first-order chi connectivity index (χ1) is 8.54. The lowest BCUT2D eigenvalue weighted by molar-refractivity contribution is 0.423. The van der Waals surface area contributed by atoms with Crippen molar-refractivity contribution < 1.29 is 5.11 Å². The summed E-state index contributed by atoms with van der Waals surface area (Å²) in [7, 11) is 0. The molecule has 0 aliphatic carbocycles. The van der Waals surface area contributed by atoms with Gasteiger partial charge in [-0.15, -0.1) is 0 Å². The predicted molar refractivity (Wildman–Crippen MR) is 71.2 cm³/mol. The Labute approximate surface area is 114 Å². The van der Waals surface area contributed by atoms with Crippen LogP contribution in [0, 0.1) is 24.5 Å². The minimum Gasteiger partial charge on any atom is -0.492 e. The van der Waals surface area contributed by atoms with Crippen LogP contribution in [0.25, 0.3) is 5.69 Å². The Kier molecular flexibility index (Phi) is 3.50. The molecule has 2 rings (SSSR count). The second-order valence-corrected chi connectivity index (χ2v) is 4.98. The van der Waals surface area contributed by atoms with Crippen LogP contribution < -0.4 is 0 Å². The number of rotatable bonds is 2. The number of hydrogen-bond donors (Lipinski definition) is 1. The van der Waals surface area contributed by atoms with E-state index in [0.717, 1.165) is 17.3 Å². The fraction of sp³-hybridized carbons (Fsp3) is 0.167. The van der Waals surface area contributed by atoms with Gasteiger partial charge in [0.2, 0.25) is 5.88 Å². The smallest absolute Gasteiger partial charge is 0.229 e. The molecular weight excluding hydrogens is 270 g/mol. The number of nitriles is 1. The molecule has 1 heterocycles. The highest BCUT2D eigenvalue weighted by Crippen LogP contribution is 2.33. The van der Waals surface area contributed by atoms with E-state index < -0.39 is 0 Å². The van der Waals surface area contributed by atoms with Crippen molar-refractivity contribution in [2.45, 2.75) is 18.7 Å². The highest BCUT2D eigenvalue weighted by Gasteiger charge is 2.16. The molecule has 18 heavy (non-hydrogen) atoms. The molecule has 6 heteroatoms. The third-order valence-corrected chi connectivity index (χ3v) is 3.71. The summed E-state index contributed by atoms with van der Waals surface area (Å²) in [5, 5.41) is 25.5. The lowest BCUT2D eigenvalue weighted by Crippen LogP contribution is -1.96. The molecule has 1 aromatic heterocycles. The van der Waals surface area contributed by atoms with Gasteiger partial charge in [0.05, 0.1) is 11.4 Å². The van der Waals surface area contributed by atoms with Gasteiger partial charge in [-0.3, -0.25) is 0 Å². The number of aromatic hydroxyl groups is 1. The highest BCUT2D eigenvalue weighted by atomic mass is 35.5. The second-order valence-electron chi connectivity index (χ2n) is 3.78. The fourth-order valence-electron chi connectivity index (χ4n) is 1.56. The maximum absolute atomic E-state index is 10.0. The highest BCUT2D eigenvalue weighted by molar-refractivity contribution is 8.03.